The van der Waals surface area contributed by atoms with Gasteiger partial charge in [-0.25, -0.2) is 42.1 Å². The molecule has 0 saturated heterocycles. The van der Waals surface area contributed by atoms with E-state index in [4.69, 9.17) is 0 Å². The second-order valence-electron chi connectivity index (χ2n) is 25.4. The molecule has 0 bridgehead atoms. The molecule has 0 fully saturated rings. The van der Waals surface area contributed by atoms with Crippen LogP contribution in [0, 0.1) is 58.0 Å². The Balaban J connectivity index is 0.000000368. The summed E-state index contributed by atoms with van der Waals surface area (Å²) >= 11 is 28.7. The van der Waals surface area contributed by atoms with Crippen LogP contribution < -0.4 is 34.9 Å². The van der Waals surface area contributed by atoms with Crippen LogP contribution in [0.1, 0.15) is 39.1 Å². The minimum absolute atomic E-state index is 0. The predicted molar refractivity (Wildman–Crippen MR) is 514 cm³/mol. The number of sulfone groups is 5. The van der Waals surface area contributed by atoms with E-state index in [-0.39, 0.29) is 131 Å². The summed E-state index contributed by atoms with van der Waals surface area (Å²) in [5.41, 5.74) is 7.66. The van der Waals surface area contributed by atoms with Crippen LogP contribution in [0.25, 0.3) is 32.7 Å². The normalized spacial score (nSPS) is 11.3. The van der Waals surface area contributed by atoms with E-state index in [1.807, 2.05) is 55.0 Å². The van der Waals surface area contributed by atoms with Crippen molar-refractivity contribution in [2.45, 2.75) is 50.0 Å². The molecule has 13 rings (SSSR count). The van der Waals surface area contributed by atoms with Crippen molar-refractivity contribution in [3.05, 3.63) is 292 Å². The molecular weight excluding hydrogens is 2310 g/mol. The number of nitro benzene ring substituents is 5. The maximum atomic E-state index is 11.8. The number of nitrogens with one attached hydrogen (secondary N) is 2. The van der Waals surface area contributed by atoms with E-state index in [0.29, 0.717) is 59.6 Å². The van der Waals surface area contributed by atoms with Gasteiger partial charge in [0.05, 0.1) is 59.2 Å². The van der Waals surface area contributed by atoms with Gasteiger partial charge >= 0.3 is 29.6 Å². The van der Waals surface area contributed by atoms with Crippen LogP contribution >= 0.6 is 151 Å². The number of alkyl halides is 1. The van der Waals surface area contributed by atoms with Crippen molar-refractivity contribution in [3.8, 4) is 0 Å². The minimum atomic E-state index is -3.37. The molecule has 0 amide bonds. The number of anilines is 1. The Morgan fingerprint density at radius 3 is 1.17 bits per heavy atom. The molecule has 0 radical (unpaired) electrons. The van der Waals surface area contributed by atoms with Crippen molar-refractivity contribution < 1.29 is 96.3 Å². The zero-order valence-corrected chi connectivity index (χ0v) is 88.0. The number of nitro groups is 5. The Morgan fingerprint density at radius 2 is 0.798 bits per heavy atom. The van der Waals surface area contributed by atoms with Gasteiger partial charge in [-0.3, -0.25) is 75.0 Å². The monoisotopic (exact) mass is 2370 g/mol. The quantitative estimate of drug-likeness (QED) is 0.0153. The first-order valence-corrected chi connectivity index (χ1v) is 52.7. The summed E-state index contributed by atoms with van der Waals surface area (Å²) in [6.45, 7) is 0.609. The average Bonchev–Trinajstić information content (AvgIpc) is 1.63. The molecule has 8 aromatic carbocycles. The van der Waals surface area contributed by atoms with Crippen molar-refractivity contribution in [2.75, 3.05) is 49.1 Å². The molecule has 5 heterocycles. The first-order valence-electron chi connectivity index (χ1n) is 33.5. The number of hydrogen-bond acceptors (Lipinski definition) is 29. The van der Waals surface area contributed by atoms with E-state index in [1.54, 1.807) is 126 Å². The van der Waals surface area contributed by atoms with Crippen molar-refractivity contribution >= 4 is 286 Å². The molecule has 1 aliphatic heterocycles. The third-order valence-electron chi connectivity index (χ3n) is 15.7. The number of pyridine rings is 1. The number of aliphatic imine (C=N–C) groups is 1. The molecule has 1 aliphatic rings. The van der Waals surface area contributed by atoms with E-state index in [9.17, 15) is 92.7 Å². The van der Waals surface area contributed by atoms with Crippen LogP contribution in [-0.4, -0.2) is 151 Å². The standard InChI is InChI=1S/C16H15N5O2S.C9H9BrN2O2S.C8H7BrN2O2S.2C8H8BrNO4S.2C8H8BrNO2S.C7H5Br2NO2.CH3.Na.H2S/c1-21-13-8-11(5-6-12(13)16(20-21)24(2,22)23)19-15-14-10(9-18-15)4-3-7-17-14;1-12-8-5-6(10)3-4-7(8)9(11-12)15(2,13)14;1-14(12,13)8-6-3-2-5(9)4-7(6)10-11-8;2*1-15(13,14)5-6-2-3-7(9)4-8(6)10(11)12;2*1-13-5-6-2-3-7(9)4-8(6)10(11)12;8-4-5-1-2-6(9)3-7(5)10(11)12;;;/h3-8H,9H2,1-2H3,(H,18,19);3-5H,1-2H3;2-4H,1H3,(H,10,11);2*2-4H,5H2,1H3;2*2-4H,5H2,1H3;1-3H,4H2;1H3;;1H2/q;;;;;;;;-1;+1;/p-1. The Bertz CT molecular complexity index is 6430. The average molecular weight is 2380 g/mol. The molecule has 0 atom stereocenters. The van der Waals surface area contributed by atoms with Crippen molar-refractivity contribution in [1.82, 2.24) is 34.7 Å². The van der Waals surface area contributed by atoms with Gasteiger partial charge in [0.15, 0.2) is 70.1 Å². The molecule has 0 aliphatic carbocycles. The van der Waals surface area contributed by atoms with Gasteiger partial charge in [-0.1, -0.05) is 164 Å². The minimum Gasteiger partial charge on any atom is -0.813 e. The predicted octanol–water partition coefficient (Wildman–Crippen LogP) is 15.9. The molecular formula is C73H72Br8N14NaO20S8-. The largest absolute Gasteiger partial charge is 1.00 e. The number of fused-ring (bicyclic) bond motifs is 4. The van der Waals surface area contributed by atoms with Gasteiger partial charge in [0.25, 0.3) is 28.4 Å². The number of thiol groups is 1. The number of aromatic amines is 1. The number of hydrogen-bond donors (Lipinski definition) is 2. The van der Waals surface area contributed by atoms with E-state index in [2.05, 4.69) is 163 Å². The molecule has 4 aromatic heterocycles. The summed E-state index contributed by atoms with van der Waals surface area (Å²) in [6.07, 6.45) is 11.1. The first-order chi connectivity index (χ1) is 56.3. The topological polar surface area (TPSA) is 488 Å². The summed E-state index contributed by atoms with van der Waals surface area (Å²) in [5, 5.41) is 73.7. The number of rotatable bonds is 18. The molecule has 660 valence electrons. The zero-order chi connectivity index (χ0) is 90.6. The summed E-state index contributed by atoms with van der Waals surface area (Å²) in [4.78, 5) is 59.6. The third-order valence-corrected chi connectivity index (χ3v) is 25.7. The van der Waals surface area contributed by atoms with Gasteiger partial charge in [0.1, 0.15) is 5.69 Å². The SMILES string of the molecule is CS(=O)(=O)Cc1ccc(Br)cc1[N+](=O)[O-].CS(=O)(=O)Cc1ccc(Br)cc1[N+](=O)[O-].CS(=O)(=O)c1[nH]nc2cc(Br)ccc12.CSCc1ccc(Br)cc1[N+](=O)[O-].CSCc1ccc(Br)cc1[N+](=O)[O-].Cn1nc(S(C)(=O)=O)c2ccc(Br)cc21.Cn1nc(S(C)(=O)=O)c2ccc(NC3=NCc4cccnc43)cc21.O=[N+]([O-])c1cc(Br)ccc1CBr.[CH3-].[Na+].[SH-]. The second-order valence-corrected chi connectivity index (χ2v) is 44.2. The third kappa shape index (κ3) is 34.1. The number of benzene rings is 8. The van der Waals surface area contributed by atoms with E-state index in [0.717, 1.165) is 98.6 Å². The van der Waals surface area contributed by atoms with Crippen molar-refractivity contribution in [2.24, 2.45) is 19.1 Å². The number of thioether (sulfide) groups is 2. The number of halogens is 8. The molecule has 12 aromatic rings. The summed E-state index contributed by atoms with van der Waals surface area (Å²) < 4.78 is 122. The van der Waals surface area contributed by atoms with Crippen LogP contribution in [-0.2, 0) is 112 Å². The van der Waals surface area contributed by atoms with Crippen molar-refractivity contribution in [3.63, 3.8) is 0 Å². The van der Waals surface area contributed by atoms with E-state index < -0.39 is 59.0 Å². The Morgan fingerprint density at radius 1 is 0.460 bits per heavy atom. The fourth-order valence-electron chi connectivity index (χ4n) is 10.6. The molecule has 34 nitrogen and oxygen atoms in total. The van der Waals surface area contributed by atoms with Gasteiger partial charge < -0.3 is 26.2 Å². The summed E-state index contributed by atoms with van der Waals surface area (Å²) in [6, 6.07) is 43.9. The Hall–Kier alpha value is -6.57. The fourth-order valence-corrected chi connectivity index (χ4v) is 18.7. The van der Waals surface area contributed by atoms with Gasteiger partial charge in [-0.05, 0) is 104 Å². The van der Waals surface area contributed by atoms with Crippen molar-refractivity contribution in [1.29, 1.82) is 0 Å². The van der Waals surface area contributed by atoms with Gasteiger partial charge in [-0.15, -0.1) is 0 Å². The van der Waals surface area contributed by atoms with Gasteiger partial charge in [0.2, 0.25) is 0 Å². The molecule has 0 saturated carbocycles. The first kappa shape index (κ1) is 112. The van der Waals surface area contributed by atoms with Crippen LogP contribution in [0.5, 0.6) is 0 Å². The van der Waals surface area contributed by atoms with Gasteiger partial charge in [-0.2, -0.15) is 38.8 Å². The molecule has 0 unspecified atom stereocenters. The smallest absolute Gasteiger partial charge is 0.813 e. The number of amidine groups is 1. The molecule has 0 spiro atoms. The van der Waals surface area contributed by atoms with E-state index in [1.165, 1.54) is 42.5 Å². The van der Waals surface area contributed by atoms with Crippen LogP contribution in [0.15, 0.2) is 215 Å². The number of nitrogens with zero attached hydrogens (tertiary/aromatic N) is 12. The van der Waals surface area contributed by atoms with Crippen LogP contribution in [0.2, 0.25) is 0 Å². The molecule has 2 N–H and O–H groups in total. The Kier molecular flexibility index (Phi) is 44.9. The second kappa shape index (κ2) is 49.8. The number of H-pyrrole nitrogens is 1. The fraction of sp³-hybridized carbons (Fsp3) is 0.205. The molecule has 51 heteroatoms. The van der Waals surface area contributed by atoms with E-state index >= 15 is 0 Å². The maximum absolute atomic E-state index is 11.8. The van der Waals surface area contributed by atoms with Gasteiger partial charge in [0, 0.05) is 185 Å². The summed E-state index contributed by atoms with van der Waals surface area (Å²) in [5.74, 6) is 1.41. The summed E-state index contributed by atoms with van der Waals surface area (Å²) in [7, 11) is -12.9. The maximum Gasteiger partial charge on any atom is 1.00 e. The molecule has 124 heavy (non-hydrogen) atoms. The Labute approximate surface area is 818 Å². The zero-order valence-electron chi connectivity index (χ0n) is 66.7. The van der Waals surface area contributed by atoms with Crippen LogP contribution in [0.4, 0.5) is 34.1 Å². The number of aromatic nitrogens is 7. The number of aryl methyl sites for hydroxylation is 2. The van der Waals surface area contributed by atoms with Crippen LogP contribution in [0.3, 0.4) is 0 Å².